The van der Waals surface area contributed by atoms with Gasteiger partial charge < -0.3 is 14.4 Å². The molecule has 164 valence electrons. The Morgan fingerprint density at radius 3 is 2.32 bits per heavy atom. The normalized spacial score (nSPS) is 15.1. The number of aromatic nitrogens is 4. The highest BCUT2D eigenvalue weighted by Crippen LogP contribution is 2.31. The molecular formula is C20H24N6O4S. The third kappa shape index (κ3) is 4.19. The van der Waals surface area contributed by atoms with Gasteiger partial charge in [0.25, 0.3) is 0 Å². The quantitative estimate of drug-likeness (QED) is 0.564. The van der Waals surface area contributed by atoms with E-state index in [0.717, 1.165) is 11.5 Å². The maximum atomic E-state index is 13.2. The van der Waals surface area contributed by atoms with Gasteiger partial charge in [-0.1, -0.05) is 0 Å². The van der Waals surface area contributed by atoms with E-state index in [0.29, 0.717) is 37.7 Å². The van der Waals surface area contributed by atoms with Crippen LogP contribution in [-0.4, -0.2) is 72.9 Å². The van der Waals surface area contributed by atoms with Crippen molar-refractivity contribution in [3.05, 3.63) is 48.5 Å². The predicted octanol–water partition coefficient (Wildman–Crippen LogP) is 1.50. The number of aryl methyl sites for hydroxylation is 1. The van der Waals surface area contributed by atoms with Crippen LogP contribution in [0.5, 0.6) is 11.5 Å². The van der Waals surface area contributed by atoms with E-state index in [1.165, 1.54) is 30.9 Å². The van der Waals surface area contributed by atoms with Crippen molar-refractivity contribution >= 4 is 15.8 Å². The Balaban J connectivity index is 1.50. The molecule has 3 heterocycles. The van der Waals surface area contributed by atoms with E-state index in [9.17, 15) is 8.42 Å². The van der Waals surface area contributed by atoms with Gasteiger partial charge in [-0.25, -0.2) is 23.1 Å². The summed E-state index contributed by atoms with van der Waals surface area (Å²) in [5, 5.41) is 4.37. The number of benzene rings is 1. The molecule has 3 aromatic rings. The molecule has 0 atom stereocenters. The second-order valence-electron chi connectivity index (χ2n) is 7.04. The lowest BCUT2D eigenvalue weighted by molar-refractivity contribution is 0.369. The molecule has 1 saturated heterocycles. The third-order valence-electron chi connectivity index (χ3n) is 5.15. The van der Waals surface area contributed by atoms with Gasteiger partial charge >= 0.3 is 0 Å². The van der Waals surface area contributed by atoms with E-state index in [1.807, 2.05) is 30.2 Å². The van der Waals surface area contributed by atoms with Gasteiger partial charge in [-0.15, -0.1) is 0 Å². The van der Waals surface area contributed by atoms with Crippen LogP contribution in [-0.2, 0) is 10.0 Å². The monoisotopic (exact) mass is 444 g/mol. The van der Waals surface area contributed by atoms with Crippen LogP contribution in [0.2, 0.25) is 0 Å². The van der Waals surface area contributed by atoms with Crippen LogP contribution in [0.3, 0.4) is 0 Å². The third-order valence-corrected chi connectivity index (χ3v) is 7.08. The van der Waals surface area contributed by atoms with Crippen molar-refractivity contribution < 1.29 is 17.9 Å². The molecule has 0 aliphatic carbocycles. The first-order chi connectivity index (χ1) is 14.9. The number of ether oxygens (including phenoxy) is 2. The molecule has 11 heteroatoms. The van der Waals surface area contributed by atoms with Gasteiger partial charge in [-0.2, -0.15) is 9.40 Å². The number of piperazine rings is 1. The molecule has 10 nitrogen and oxygen atoms in total. The zero-order valence-corrected chi connectivity index (χ0v) is 18.4. The Bertz CT molecular complexity index is 1170. The first kappa shape index (κ1) is 21.1. The minimum atomic E-state index is -3.70. The summed E-state index contributed by atoms with van der Waals surface area (Å²) in [5.74, 6) is 2.19. The van der Waals surface area contributed by atoms with Crippen molar-refractivity contribution in [2.75, 3.05) is 45.3 Å². The van der Waals surface area contributed by atoms with E-state index >= 15 is 0 Å². The first-order valence-corrected chi connectivity index (χ1v) is 11.2. The van der Waals surface area contributed by atoms with Crippen LogP contribution >= 0.6 is 0 Å². The summed E-state index contributed by atoms with van der Waals surface area (Å²) < 4.78 is 40.0. The molecule has 31 heavy (non-hydrogen) atoms. The molecule has 0 amide bonds. The van der Waals surface area contributed by atoms with E-state index in [1.54, 1.807) is 16.8 Å². The summed E-state index contributed by atoms with van der Waals surface area (Å²) in [6, 6.07) is 8.46. The Labute approximate surface area is 181 Å². The fraction of sp³-hybridized carbons (Fsp3) is 0.350. The van der Waals surface area contributed by atoms with E-state index in [-0.39, 0.29) is 10.6 Å². The van der Waals surface area contributed by atoms with Crippen LogP contribution in [0.15, 0.2) is 47.8 Å². The van der Waals surface area contributed by atoms with Gasteiger partial charge in [0.1, 0.15) is 28.5 Å². The van der Waals surface area contributed by atoms with Crippen LogP contribution in [0.4, 0.5) is 5.82 Å². The molecule has 0 spiro atoms. The number of methoxy groups -OCH3 is 2. The van der Waals surface area contributed by atoms with E-state index in [2.05, 4.69) is 15.1 Å². The number of nitrogens with zero attached hydrogens (tertiary/aromatic N) is 6. The number of hydrogen-bond donors (Lipinski definition) is 0. The average molecular weight is 445 g/mol. The molecule has 1 aromatic carbocycles. The van der Waals surface area contributed by atoms with Crippen LogP contribution in [0.25, 0.3) is 5.82 Å². The summed E-state index contributed by atoms with van der Waals surface area (Å²) >= 11 is 0. The first-order valence-electron chi connectivity index (χ1n) is 9.74. The number of hydrogen-bond acceptors (Lipinski definition) is 8. The SMILES string of the molecule is COc1ccc(S(=O)(=O)N2CCN(c3cc(-n4ccc(C)n4)ncn3)CC2)c(OC)c1. The molecule has 2 aromatic heterocycles. The fourth-order valence-corrected chi connectivity index (χ4v) is 5.02. The molecular weight excluding hydrogens is 420 g/mol. The summed E-state index contributed by atoms with van der Waals surface area (Å²) in [5.41, 5.74) is 0.896. The second-order valence-corrected chi connectivity index (χ2v) is 8.95. The minimum absolute atomic E-state index is 0.127. The summed E-state index contributed by atoms with van der Waals surface area (Å²) in [6.45, 7) is 3.59. The highest BCUT2D eigenvalue weighted by atomic mass is 32.2. The molecule has 0 bridgehead atoms. The molecule has 1 fully saturated rings. The Morgan fingerprint density at radius 2 is 1.68 bits per heavy atom. The Morgan fingerprint density at radius 1 is 0.935 bits per heavy atom. The summed E-state index contributed by atoms with van der Waals surface area (Å²) in [4.78, 5) is 10.8. The van der Waals surface area contributed by atoms with Gasteiger partial charge in [0.05, 0.1) is 19.9 Å². The van der Waals surface area contributed by atoms with Crippen molar-refractivity contribution in [2.45, 2.75) is 11.8 Å². The molecule has 4 rings (SSSR count). The topological polar surface area (TPSA) is 103 Å². The van der Waals surface area contributed by atoms with Crippen molar-refractivity contribution in [1.29, 1.82) is 0 Å². The second kappa shape index (κ2) is 8.52. The lowest BCUT2D eigenvalue weighted by Crippen LogP contribution is -2.49. The smallest absolute Gasteiger partial charge is 0.246 e. The number of rotatable bonds is 6. The van der Waals surface area contributed by atoms with Crippen molar-refractivity contribution in [1.82, 2.24) is 24.1 Å². The van der Waals surface area contributed by atoms with Gasteiger partial charge in [0.15, 0.2) is 5.82 Å². The molecule has 0 radical (unpaired) electrons. The lowest BCUT2D eigenvalue weighted by atomic mass is 10.3. The predicted molar refractivity (Wildman–Crippen MR) is 114 cm³/mol. The lowest BCUT2D eigenvalue weighted by Gasteiger charge is -2.34. The fourth-order valence-electron chi connectivity index (χ4n) is 3.46. The number of sulfonamides is 1. The molecule has 0 N–H and O–H groups in total. The van der Waals surface area contributed by atoms with E-state index in [4.69, 9.17) is 9.47 Å². The van der Waals surface area contributed by atoms with Crippen molar-refractivity contribution in [3.8, 4) is 17.3 Å². The maximum absolute atomic E-state index is 13.2. The highest BCUT2D eigenvalue weighted by Gasteiger charge is 2.31. The molecule has 1 aliphatic rings. The Kier molecular flexibility index (Phi) is 5.79. The van der Waals surface area contributed by atoms with Crippen molar-refractivity contribution in [3.63, 3.8) is 0 Å². The van der Waals surface area contributed by atoms with Gasteiger partial charge in [-0.05, 0) is 25.1 Å². The van der Waals surface area contributed by atoms with Gasteiger partial charge in [0.2, 0.25) is 10.0 Å². The minimum Gasteiger partial charge on any atom is -0.497 e. The van der Waals surface area contributed by atoms with E-state index < -0.39 is 10.0 Å². The molecule has 0 unspecified atom stereocenters. The van der Waals surface area contributed by atoms with Crippen LogP contribution in [0, 0.1) is 6.92 Å². The van der Waals surface area contributed by atoms with Crippen molar-refractivity contribution in [2.24, 2.45) is 0 Å². The number of anilines is 1. The Hall–Kier alpha value is -3.18. The largest absolute Gasteiger partial charge is 0.497 e. The molecule has 0 saturated carbocycles. The zero-order chi connectivity index (χ0) is 22.0. The van der Waals surface area contributed by atoms with Gasteiger partial charge in [-0.3, -0.25) is 0 Å². The molecule has 1 aliphatic heterocycles. The van der Waals surface area contributed by atoms with Crippen LogP contribution < -0.4 is 14.4 Å². The van der Waals surface area contributed by atoms with Gasteiger partial charge in [0, 0.05) is 44.5 Å². The summed E-state index contributed by atoms with van der Waals surface area (Å²) in [7, 11) is -0.738. The maximum Gasteiger partial charge on any atom is 0.246 e. The standard InChI is InChI=1S/C20H24N6O4S/c1-15-6-7-26(23-15)20-13-19(21-14-22-20)24-8-10-25(11-9-24)31(27,28)18-5-4-16(29-2)12-17(18)30-3/h4-7,12-14H,8-11H2,1-3H3. The highest BCUT2D eigenvalue weighted by molar-refractivity contribution is 7.89. The van der Waals surface area contributed by atoms with Crippen LogP contribution in [0.1, 0.15) is 5.69 Å². The zero-order valence-electron chi connectivity index (χ0n) is 17.6. The summed E-state index contributed by atoms with van der Waals surface area (Å²) in [6.07, 6.45) is 3.33. The average Bonchev–Trinajstić information content (AvgIpc) is 3.25.